The Bertz CT molecular complexity index is 733. The minimum atomic E-state index is -0.315. The minimum absolute atomic E-state index is 0.00945. The molecule has 0 radical (unpaired) electrons. The second-order valence-corrected chi connectivity index (χ2v) is 6.89. The van der Waals surface area contributed by atoms with Gasteiger partial charge >= 0.3 is 0 Å². The van der Waals surface area contributed by atoms with Crippen LogP contribution in [0, 0.1) is 0 Å². The molecule has 1 aliphatic heterocycles. The van der Waals surface area contributed by atoms with Crippen molar-refractivity contribution in [3.8, 4) is 0 Å². The van der Waals surface area contributed by atoms with Gasteiger partial charge in [-0.2, -0.15) is 0 Å². The normalized spacial score (nSPS) is 23.8. The first-order valence-electron chi connectivity index (χ1n) is 8.81. The number of carbonyl (C=O) groups excluding carboxylic acids is 1. The zero-order valence-electron chi connectivity index (χ0n) is 13.7. The molecule has 1 saturated heterocycles. The molecule has 1 N–H and O–H groups in total. The lowest BCUT2D eigenvalue weighted by Gasteiger charge is -2.31. The highest BCUT2D eigenvalue weighted by Crippen LogP contribution is 2.39. The van der Waals surface area contributed by atoms with Crippen molar-refractivity contribution in [2.45, 2.75) is 50.7 Å². The van der Waals surface area contributed by atoms with Gasteiger partial charge in [-0.3, -0.25) is 10.1 Å². The number of carbonyl (C=O) groups is 1. The van der Waals surface area contributed by atoms with Gasteiger partial charge in [-0.05, 0) is 42.2 Å². The average molecular weight is 308 g/mol. The summed E-state index contributed by atoms with van der Waals surface area (Å²) in [6, 6.07) is 15.0. The number of rotatable bonds is 2. The maximum absolute atomic E-state index is 13.0. The van der Waals surface area contributed by atoms with Gasteiger partial charge in [0.2, 0.25) is 5.91 Å². The summed E-state index contributed by atoms with van der Waals surface area (Å²) in [5.41, 5.74) is 0.881. The Morgan fingerprint density at radius 2 is 1.83 bits per heavy atom. The van der Waals surface area contributed by atoms with E-state index in [1.54, 1.807) is 0 Å². The Kier molecular flexibility index (Phi) is 3.61. The van der Waals surface area contributed by atoms with Crippen molar-refractivity contribution in [2.75, 3.05) is 6.54 Å². The van der Waals surface area contributed by atoms with Gasteiger partial charge in [0.1, 0.15) is 6.17 Å². The fourth-order valence-corrected chi connectivity index (χ4v) is 4.27. The van der Waals surface area contributed by atoms with Gasteiger partial charge in [0, 0.05) is 6.54 Å². The molecule has 2 aromatic rings. The highest BCUT2D eigenvalue weighted by molar-refractivity contribution is 5.90. The standard InChI is InChI=1S/C20H24N2O/c1-2-22-18(21-20(19(22)23)12-6-3-7-13-20)17-11-10-15-8-4-5-9-16(15)14-17/h4-5,8-11,14,18,21H,2-3,6-7,12-13H2,1H3. The van der Waals surface area contributed by atoms with E-state index in [1.165, 1.54) is 22.8 Å². The van der Waals surface area contributed by atoms with E-state index in [1.807, 2.05) is 4.90 Å². The number of likely N-dealkylation sites (N-methyl/N-ethyl adjacent to an activating group) is 1. The summed E-state index contributed by atoms with van der Waals surface area (Å²) < 4.78 is 0. The first-order chi connectivity index (χ1) is 11.2. The molecule has 0 aromatic heterocycles. The van der Waals surface area contributed by atoms with E-state index in [4.69, 9.17) is 0 Å². The number of hydrogen-bond acceptors (Lipinski definition) is 2. The molecule has 2 aliphatic rings. The van der Waals surface area contributed by atoms with Gasteiger partial charge in [-0.25, -0.2) is 0 Å². The highest BCUT2D eigenvalue weighted by atomic mass is 16.2. The van der Waals surface area contributed by atoms with Crippen LogP contribution in [0.3, 0.4) is 0 Å². The van der Waals surface area contributed by atoms with Crippen molar-refractivity contribution in [1.29, 1.82) is 0 Å². The summed E-state index contributed by atoms with van der Waals surface area (Å²) in [6.45, 7) is 2.83. The molecule has 23 heavy (non-hydrogen) atoms. The Morgan fingerprint density at radius 3 is 2.57 bits per heavy atom. The lowest BCUT2D eigenvalue weighted by atomic mass is 9.81. The van der Waals surface area contributed by atoms with Crippen molar-refractivity contribution in [2.24, 2.45) is 0 Å². The molecule has 1 amide bonds. The van der Waals surface area contributed by atoms with Gasteiger partial charge in [-0.1, -0.05) is 55.7 Å². The third-order valence-electron chi connectivity index (χ3n) is 5.53. The summed E-state index contributed by atoms with van der Waals surface area (Å²) in [5.74, 6) is 0.304. The molecule has 1 unspecified atom stereocenters. The van der Waals surface area contributed by atoms with Crippen LogP contribution in [-0.4, -0.2) is 22.9 Å². The second-order valence-electron chi connectivity index (χ2n) is 6.89. The van der Waals surface area contributed by atoms with Crippen molar-refractivity contribution in [3.63, 3.8) is 0 Å². The average Bonchev–Trinajstić information content (AvgIpc) is 2.87. The van der Waals surface area contributed by atoms with Gasteiger partial charge in [0.15, 0.2) is 0 Å². The van der Waals surface area contributed by atoms with Crippen LogP contribution >= 0.6 is 0 Å². The van der Waals surface area contributed by atoms with Crippen LogP contribution in [0.5, 0.6) is 0 Å². The number of amides is 1. The third-order valence-corrected chi connectivity index (χ3v) is 5.53. The lowest BCUT2D eigenvalue weighted by molar-refractivity contribution is -0.134. The maximum atomic E-state index is 13.0. The van der Waals surface area contributed by atoms with E-state index in [2.05, 4.69) is 54.7 Å². The summed E-state index contributed by atoms with van der Waals surface area (Å²) in [6.07, 6.45) is 5.53. The number of nitrogens with one attached hydrogen (secondary N) is 1. The smallest absolute Gasteiger partial charge is 0.244 e. The van der Waals surface area contributed by atoms with E-state index in [0.29, 0.717) is 5.91 Å². The number of fused-ring (bicyclic) bond motifs is 1. The Morgan fingerprint density at radius 1 is 1.09 bits per heavy atom. The molecule has 3 heteroatoms. The molecule has 1 aliphatic carbocycles. The Balaban J connectivity index is 1.72. The summed E-state index contributed by atoms with van der Waals surface area (Å²) in [5, 5.41) is 6.20. The van der Waals surface area contributed by atoms with Gasteiger partial charge in [0.05, 0.1) is 5.54 Å². The molecular weight excluding hydrogens is 284 g/mol. The zero-order valence-corrected chi connectivity index (χ0v) is 13.7. The van der Waals surface area contributed by atoms with Crippen LogP contribution in [0.1, 0.15) is 50.8 Å². The molecule has 1 saturated carbocycles. The fraction of sp³-hybridized carbons (Fsp3) is 0.450. The SMILES string of the molecule is CCN1C(=O)C2(CCCCC2)NC1c1ccc2ccccc2c1. The molecule has 1 heterocycles. The van der Waals surface area contributed by atoms with E-state index < -0.39 is 0 Å². The highest BCUT2D eigenvalue weighted by Gasteiger charge is 2.50. The van der Waals surface area contributed by atoms with Crippen LogP contribution in [0.25, 0.3) is 10.8 Å². The quantitative estimate of drug-likeness (QED) is 0.909. The van der Waals surface area contributed by atoms with Gasteiger partial charge in [0.25, 0.3) is 0 Å². The largest absolute Gasteiger partial charge is 0.322 e. The summed E-state index contributed by atoms with van der Waals surface area (Å²) in [4.78, 5) is 15.0. The fourth-order valence-electron chi connectivity index (χ4n) is 4.27. The molecule has 2 aromatic carbocycles. The molecule has 2 fully saturated rings. The first kappa shape index (κ1) is 14.7. The first-order valence-corrected chi connectivity index (χ1v) is 8.81. The van der Waals surface area contributed by atoms with Crippen molar-refractivity contribution < 1.29 is 4.79 Å². The van der Waals surface area contributed by atoms with Crippen LogP contribution in [0.15, 0.2) is 42.5 Å². The number of benzene rings is 2. The monoisotopic (exact) mass is 308 g/mol. The molecule has 0 bridgehead atoms. The topological polar surface area (TPSA) is 32.3 Å². The van der Waals surface area contributed by atoms with E-state index in [0.717, 1.165) is 32.2 Å². The molecule has 4 rings (SSSR count). The van der Waals surface area contributed by atoms with Crippen LogP contribution in [0.4, 0.5) is 0 Å². The van der Waals surface area contributed by atoms with Crippen molar-refractivity contribution >= 4 is 16.7 Å². The number of nitrogens with zero attached hydrogens (tertiary/aromatic N) is 1. The number of hydrogen-bond donors (Lipinski definition) is 1. The molecule has 1 spiro atoms. The Labute approximate surface area is 137 Å². The maximum Gasteiger partial charge on any atom is 0.244 e. The molecular formula is C20H24N2O. The minimum Gasteiger partial charge on any atom is -0.322 e. The zero-order chi connectivity index (χ0) is 15.9. The van der Waals surface area contributed by atoms with Crippen molar-refractivity contribution in [1.82, 2.24) is 10.2 Å². The lowest BCUT2D eigenvalue weighted by Crippen LogP contribution is -2.48. The van der Waals surface area contributed by atoms with E-state index in [9.17, 15) is 4.79 Å². The predicted molar refractivity (Wildman–Crippen MR) is 93.0 cm³/mol. The Hall–Kier alpha value is -1.87. The van der Waals surface area contributed by atoms with Gasteiger partial charge in [-0.15, -0.1) is 0 Å². The van der Waals surface area contributed by atoms with E-state index in [-0.39, 0.29) is 11.7 Å². The van der Waals surface area contributed by atoms with E-state index >= 15 is 0 Å². The molecule has 120 valence electrons. The van der Waals surface area contributed by atoms with Crippen LogP contribution < -0.4 is 5.32 Å². The summed E-state index contributed by atoms with van der Waals surface area (Å²) >= 11 is 0. The third kappa shape index (κ3) is 2.34. The van der Waals surface area contributed by atoms with Crippen LogP contribution in [0.2, 0.25) is 0 Å². The molecule has 3 nitrogen and oxygen atoms in total. The van der Waals surface area contributed by atoms with Crippen molar-refractivity contribution in [3.05, 3.63) is 48.0 Å². The van der Waals surface area contributed by atoms with Crippen LogP contribution in [-0.2, 0) is 4.79 Å². The molecule has 1 atom stereocenters. The summed E-state index contributed by atoms with van der Waals surface area (Å²) in [7, 11) is 0. The second kappa shape index (κ2) is 5.64. The van der Waals surface area contributed by atoms with Gasteiger partial charge < -0.3 is 4.90 Å². The predicted octanol–water partition coefficient (Wildman–Crippen LogP) is 3.99.